The lowest BCUT2D eigenvalue weighted by molar-refractivity contribution is 0.0941. The van der Waals surface area contributed by atoms with Crippen molar-refractivity contribution < 1.29 is 9.18 Å². The van der Waals surface area contributed by atoms with E-state index in [4.69, 9.17) is 4.98 Å². The fraction of sp³-hybridized carbons (Fsp3) is 0.0909. The SMILES string of the molecule is CC(NC(=O)c1cc(-c2cccs2)nc2ccccc12)c1ccc(F)cc1. The minimum atomic E-state index is -0.294. The molecule has 1 unspecified atom stereocenters. The van der Waals surface area contributed by atoms with Crippen molar-refractivity contribution in [1.82, 2.24) is 10.3 Å². The second kappa shape index (κ2) is 7.29. The van der Waals surface area contributed by atoms with Gasteiger partial charge in [0, 0.05) is 5.39 Å². The Labute approximate surface area is 160 Å². The van der Waals surface area contributed by atoms with Crippen molar-refractivity contribution in [1.29, 1.82) is 0 Å². The number of nitrogens with zero attached hydrogens (tertiary/aromatic N) is 1. The molecule has 2 aromatic carbocycles. The first-order chi connectivity index (χ1) is 13.1. The van der Waals surface area contributed by atoms with Crippen molar-refractivity contribution in [3.8, 4) is 10.6 Å². The Morgan fingerprint density at radius 1 is 1.07 bits per heavy atom. The van der Waals surface area contributed by atoms with E-state index in [0.29, 0.717) is 5.56 Å². The van der Waals surface area contributed by atoms with Gasteiger partial charge in [-0.15, -0.1) is 11.3 Å². The predicted molar refractivity (Wildman–Crippen MR) is 107 cm³/mol. The number of benzene rings is 2. The molecular weight excluding hydrogens is 359 g/mol. The molecule has 134 valence electrons. The number of hydrogen-bond donors (Lipinski definition) is 1. The summed E-state index contributed by atoms with van der Waals surface area (Å²) in [5, 5.41) is 5.81. The molecule has 1 N–H and O–H groups in total. The zero-order valence-electron chi connectivity index (χ0n) is 14.6. The minimum Gasteiger partial charge on any atom is -0.345 e. The molecule has 0 radical (unpaired) electrons. The maximum atomic E-state index is 13.1. The van der Waals surface area contributed by atoms with E-state index in [1.54, 1.807) is 23.5 Å². The zero-order valence-corrected chi connectivity index (χ0v) is 15.5. The Kier molecular flexibility index (Phi) is 4.69. The number of para-hydroxylation sites is 1. The second-order valence-electron chi connectivity index (χ2n) is 6.30. The van der Waals surface area contributed by atoms with Gasteiger partial charge in [-0.25, -0.2) is 9.37 Å². The Balaban J connectivity index is 1.71. The lowest BCUT2D eigenvalue weighted by Gasteiger charge is -2.16. The lowest BCUT2D eigenvalue weighted by Crippen LogP contribution is -2.27. The molecule has 1 amide bonds. The first kappa shape index (κ1) is 17.4. The third-order valence-electron chi connectivity index (χ3n) is 4.45. The summed E-state index contributed by atoms with van der Waals surface area (Å²) >= 11 is 1.59. The summed E-state index contributed by atoms with van der Waals surface area (Å²) in [5.41, 5.74) is 2.99. The molecule has 0 saturated heterocycles. The number of halogens is 1. The van der Waals surface area contributed by atoms with Crippen LogP contribution in [0.5, 0.6) is 0 Å². The van der Waals surface area contributed by atoms with Crippen molar-refractivity contribution in [3.05, 3.63) is 89.1 Å². The van der Waals surface area contributed by atoms with Gasteiger partial charge in [-0.3, -0.25) is 4.79 Å². The van der Waals surface area contributed by atoms with E-state index >= 15 is 0 Å². The van der Waals surface area contributed by atoms with Gasteiger partial charge in [0.25, 0.3) is 5.91 Å². The molecule has 5 heteroatoms. The van der Waals surface area contributed by atoms with Crippen molar-refractivity contribution in [2.45, 2.75) is 13.0 Å². The van der Waals surface area contributed by atoms with Crippen LogP contribution in [-0.2, 0) is 0 Å². The maximum Gasteiger partial charge on any atom is 0.252 e. The summed E-state index contributed by atoms with van der Waals surface area (Å²) in [4.78, 5) is 18.7. The molecule has 0 fully saturated rings. The smallest absolute Gasteiger partial charge is 0.252 e. The Hall–Kier alpha value is -3.05. The van der Waals surface area contributed by atoms with Crippen molar-refractivity contribution in [3.63, 3.8) is 0 Å². The number of thiophene rings is 1. The van der Waals surface area contributed by atoms with Gasteiger partial charge in [-0.2, -0.15) is 0 Å². The van der Waals surface area contributed by atoms with Crippen LogP contribution in [0.3, 0.4) is 0 Å². The standard InChI is InChI=1S/C22H17FN2OS/c1-14(15-8-10-16(23)11-9-15)24-22(26)18-13-20(21-7-4-12-27-21)25-19-6-3-2-5-17(18)19/h2-14H,1H3,(H,24,26). The summed E-state index contributed by atoms with van der Waals surface area (Å²) in [6, 6.07) is 19.3. The van der Waals surface area contributed by atoms with Crippen molar-refractivity contribution in [2.75, 3.05) is 0 Å². The number of nitrogens with one attached hydrogen (secondary N) is 1. The molecule has 4 rings (SSSR count). The van der Waals surface area contributed by atoms with Crippen LogP contribution < -0.4 is 5.32 Å². The van der Waals surface area contributed by atoms with Crippen LogP contribution in [0, 0.1) is 5.82 Å². The molecule has 3 nitrogen and oxygen atoms in total. The number of pyridine rings is 1. The predicted octanol–water partition coefficient (Wildman–Crippen LogP) is 5.59. The molecule has 0 saturated carbocycles. The minimum absolute atomic E-state index is 0.178. The van der Waals surface area contributed by atoms with Crippen LogP contribution >= 0.6 is 11.3 Å². The number of rotatable bonds is 4. The van der Waals surface area contributed by atoms with E-state index in [-0.39, 0.29) is 17.8 Å². The summed E-state index contributed by atoms with van der Waals surface area (Å²) < 4.78 is 13.1. The topological polar surface area (TPSA) is 42.0 Å². The first-order valence-electron chi connectivity index (χ1n) is 8.62. The molecule has 0 spiro atoms. The highest BCUT2D eigenvalue weighted by Crippen LogP contribution is 2.28. The highest BCUT2D eigenvalue weighted by Gasteiger charge is 2.17. The summed E-state index contributed by atoms with van der Waals surface area (Å²) in [6.07, 6.45) is 0. The monoisotopic (exact) mass is 376 g/mol. The molecule has 1 atom stereocenters. The van der Waals surface area contributed by atoms with E-state index in [9.17, 15) is 9.18 Å². The molecule has 0 aliphatic rings. The van der Waals surface area contributed by atoms with Crippen LogP contribution in [-0.4, -0.2) is 10.9 Å². The fourth-order valence-corrected chi connectivity index (χ4v) is 3.71. The van der Waals surface area contributed by atoms with E-state index < -0.39 is 0 Å². The molecule has 2 aromatic heterocycles. The van der Waals surface area contributed by atoms with Crippen LogP contribution in [0.25, 0.3) is 21.5 Å². The number of hydrogen-bond acceptors (Lipinski definition) is 3. The number of carbonyl (C=O) groups excluding carboxylic acids is 1. The Morgan fingerprint density at radius 2 is 1.85 bits per heavy atom. The first-order valence-corrected chi connectivity index (χ1v) is 9.50. The molecule has 27 heavy (non-hydrogen) atoms. The number of amides is 1. The van der Waals surface area contributed by atoms with Gasteiger partial charge in [-0.05, 0) is 48.2 Å². The molecule has 4 aromatic rings. The van der Waals surface area contributed by atoms with E-state index in [2.05, 4.69) is 5.32 Å². The van der Waals surface area contributed by atoms with Gasteiger partial charge in [-0.1, -0.05) is 36.4 Å². The molecular formula is C22H17FN2OS. The van der Waals surface area contributed by atoms with E-state index in [1.807, 2.05) is 54.8 Å². The maximum absolute atomic E-state index is 13.1. The van der Waals surface area contributed by atoms with Gasteiger partial charge >= 0.3 is 0 Å². The second-order valence-corrected chi connectivity index (χ2v) is 7.24. The number of fused-ring (bicyclic) bond motifs is 1. The summed E-state index contributed by atoms with van der Waals surface area (Å²) in [6.45, 7) is 1.88. The largest absolute Gasteiger partial charge is 0.345 e. The number of carbonyl (C=O) groups is 1. The Bertz CT molecular complexity index is 1090. The van der Waals surface area contributed by atoms with Crippen molar-refractivity contribution >= 4 is 28.1 Å². The highest BCUT2D eigenvalue weighted by molar-refractivity contribution is 7.13. The molecule has 0 aliphatic heterocycles. The molecule has 0 aliphatic carbocycles. The van der Waals surface area contributed by atoms with E-state index in [1.165, 1.54) is 12.1 Å². The normalized spacial score (nSPS) is 12.1. The van der Waals surface area contributed by atoms with Crippen LogP contribution in [0.15, 0.2) is 72.1 Å². The summed E-state index contributed by atoms with van der Waals surface area (Å²) in [7, 11) is 0. The van der Waals surface area contributed by atoms with Crippen molar-refractivity contribution in [2.24, 2.45) is 0 Å². The Morgan fingerprint density at radius 3 is 2.59 bits per heavy atom. The van der Waals surface area contributed by atoms with Crippen LogP contribution in [0.4, 0.5) is 4.39 Å². The van der Waals surface area contributed by atoms with E-state index in [0.717, 1.165) is 27.0 Å². The van der Waals surface area contributed by atoms with Gasteiger partial charge in [0.05, 0.1) is 27.7 Å². The summed E-state index contributed by atoms with van der Waals surface area (Å²) in [5.74, 6) is -0.471. The fourth-order valence-electron chi connectivity index (χ4n) is 3.02. The third-order valence-corrected chi connectivity index (χ3v) is 5.34. The molecule has 2 heterocycles. The lowest BCUT2D eigenvalue weighted by atomic mass is 10.0. The van der Waals surface area contributed by atoms with Crippen LogP contribution in [0.1, 0.15) is 28.9 Å². The van der Waals surface area contributed by atoms with Gasteiger partial charge in [0.1, 0.15) is 5.82 Å². The molecule has 0 bridgehead atoms. The van der Waals surface area contributed by atoms with Gasteiger partial charge < -0.3 is 5.32 Å². The quantitative estimate of drug-likeness (QED) is 0.504. The third kappa shape index (κ3) is 3.59. The number of aromatic nitrogens is 1. The van der Waals surface area contributed by atoms with Gasteiger partial charge in [0.2, 0.25) is 0 Å². The average Bonchev–Trinajstić information content (AvgIpc) is 3.22. The van der Waals surface area contributed by atoms with Gasteiger partial charge in [0.15, 0.2) is 0 Å². The zero-order chi connectivity index (χ0) is 18.8. The highest BCUT2D eigenvalue weighted by atomic mass is 32.1. The van der Waals surface area contributed by atoms with Crippen LogP contribution in [0.2, 0.25) is 0 Å². The average molecular weight is 376 g/mol.